The Hall–Kier alpha value is -1.27. The van der Waals surface area contributed by atoms with Crippen molar-refractivity contribution in [3.8, 4) is 0 Å². The number of allylic oxidation sites excluding steroid dienone is 1. The number of unbranched alkanes of at least 4 members (excludes halogenated alkanes) is 25. The fraction of sp³-hybridized carbons (Fsp3) is 0.938. The van der Waals surface area contributed by atoms with Gasteiger partial charge in [0.15, 0.2) is 12.6 Å². The Balaban J connectivity index is 1.86. The van der Waals surface area contributed by atoms with Gasteiger partial charge in [0.2, 0.25) is 5.91 Å². The molecule has 62 heavy (non-hydrogen) atoms. The minimum atomic E-state index is -1.78. The number of nitrogens with one attached hydrogen (secondary N) is 1. The summed E-state index contributed by atoms with van der Waals surface area (Å²) in [5.41, 5.74) is 0. The largest absolute Gasteiger partial charge is 0.394 e. The second-order valence-corrected chi connectivity index (χ2v) is 18.0. The summed E-state index contributed by atoms with van der Waals surface area (Å²) in [6.07, 6.45) is 19.6. The van der Waals surface area contributed by atoms with Crippen LogP contribution in [-0.2, 0) is 23.7 Å². The predicted molar refractivity (Wildman–Crippen MR) is 240 cm³/mol. The van der Waals surface area contributed by atoms with Crippen molar-refractivity contribution in [3.63, 3.8) is 0 Å². The Morgan fingerprint density at radius 2 is 1.00 bits per heavy atom. The van der Waals surface area contributed by atoms with Crippen LogP contribution in [-0.4, -0.2) is 140 Å². The summed E-state index contributed by atoms with van der Waals surface area (Å²) in [6, 6.07) is -0.906. The molecule has 2 heterocycles. The zero-order valence-electron chi connectivity index (χ0n) is 38.6. The maximum absolute atomic E-state index is 13.1. The van der Waals surface area contributed by atoms with Gasteiger partial charge in [-0.25, -0.2) is 0 Å². The van der Waals surface area contributed by atoms with Crippen LogP contribution >= 0.6 is 0 Å². The first-order chi connectivity index (χ1) is 30.1. The fourth-order valence-electron chi connectivity index (χ4n) is 8.35. The molecular weight excluding hydrogens is 799 g/mol. The standard InChI is InChI=1S/C48H91NO13/c1-3-5-7-9-11-13-15-17-18-20-22-24-26-28-30-32-40(53)49-36(37(52)31-29-27-25-23-21-19-16-14-12-10-8-6-4-2)35-59-47-45(58)43(56)46(39(34-51)61-47)62-48-44(57)42(55)41(54)38(33-50)60-48/h29,31,36-39,41-48,50-52,54-58H,3-28,30,32-35H2,1-2H3,(H,49,53)/t36-,37+,38+,39+,41-,42-,43+,44+,45+,46+,47+,48-/m0/s1. The lowest BCUT2D eigenvalue weighted by Gasteiger charge is -2.46. The smallest absolute Gasteiger partial charge is 0.220 e. The summed E-state index contributed by atoms with van der Waals surface area (Å²) < 4.78 is 22.7. The molecular formula is C48H91NO13. The van der Waals surface area contributed by atoms with Crippen molar-refractivity contribution in [2.45, 2.75) is 267 Å². The zero-order chi connectivity index (χ0) is 45.4. The Labute approximate surface area is 374 Å². The van der Waals surface area contributed by atoms with Crippen LogP contribution in [0, 0.1) is 0 Å². The van der Waals surface area contributed by atoms with Gasteiger partial charge in [-0.2, -0.15) is 0 Å². The minimum Gasteiger partial charge on any atom is -0.394 e. The van der Waals surface area contributed by atoms with Crippen LogP contribution in [0.3, 0.4) is 0 Å². The van der Waals surface area contributed by atoms with Crippen LogP contribution in [0.5, 0.6) is 0 Å². The Bertz CT molecular complexity index is 1100. The van der Waals surface area contributed by atoms with Gasteiger partial charge in [0.25, 0.3) is 0 Å². The highest BCUT2D eigenvalue weighted by Gasteiger charge is 2.51. The number of ether oxygens (including phenoxy) is 4. The summed E-state index contributed by atoms with van der Waals surface area (Å²) in [5, 5.41) is 86.6. The molecule has 0 unspecified atom stereocenters. The van der Waals surface area contributed by atoms with E-state index in [9.17, 15) is 45.6 Å². The van der Waals surface area contributed by atoms with E-state index in [1.54, 1.807) is 6.08 Å². The lowest BCUT2D eigenvalue weighted by atomic mass is 9.97. The Kier molecular flexibility index (Phi) is 32.9. The molecule has 0 aliphatic carbocycles. The van der Waals surface area contributed by atoms with Crippen LogP contribution in [0.2, 0.25) is 0 Å². The van der Waals surface area contributed by atoms with Gasteiger partial charge < -0.3 is 65.1 Å². The van der Waals surface area contributed by atoms with Crippen LogP contribution < -0.4 is 5.32 Å². The number of aliphatic hydroxyl groups excluding tert-OH is 8. The summed E-state index contributed by atoms with van der Waals surface area (Å²) in [6.45, 7) is 2.78. The number of carbonyl (C=O) groups excluding carboxylic acids is 1. The number of carbonyl (C=O) groups is 1. The first-order valence-corrected chi connectivity index (χ1v) is 24.9. The molecule has 2 aliphatic rings. The molecule has 9 N–H and O–H groups in total. The summed E-state index contributed by atoms with van der Waals surface area (Å²) >= 11 is 0. The molecule has 12 atom stereocenters. The van der Waals surface area contributed by atoms with Crippen LogP contribution in [0.1, 0.15) is 194 Å². The molecule has 1 amide bonds. The number of rotatable bonds is 38. The molecule has 2 saturated heterocycles. The van der Waals surface area contributed by atoms with E-state index < -0.39 is 86.8 Å². The van der Waals surface area contributed by atoms with E-state index in [1.807, 2.05) is 6.08 Å². The predicted octanol–water partition coefficient (Wildman–Crippen LogP) is 5.99. The molecule has 0 bridgehead atoms. The molecule has 2 fully saturated rings. The quantitative estimate of drug-likeness (QED) is 0.0257. The topological polar surface area (TPSA) is 228 Å². The number of hydrogen-bond donors (Lipinski definition) is 9. The van der Waals surface area contributed by atoms with Gasteiger partial charge in [0, 0.05) is 6.42 Å². The average molecular weight is 890 g/mol. The van der Waals surface area contributed by atoms with Crippen molar-refractivity contribution in [1.82, 2.24) is 5.32 Å². The highest BCUT2D eigenvalue weighted by atomic mass is 16.7. The van der Waals surface area contributed by atoms with E-state index >= 15 is 0 Å². The Morgan fingerprint density at radius 3 is 1.48 bits per heavy atom. The summed E-state index contributed by atoms with van der Waals surface area (Å²) in [5.74, 6) is -0.238. The molecule has 2 aliphatic heterocycles. The third-order valence-corrected chi connectivity index (χ3v) is 12.5. The fourth-order valence-corrected chi connectivity index (χ4v) is 8.35. The van der Waals surface area contributed by atoms with Crippen LogP contribution in [0.25, 0.3) is 0 Å². The van der Waals surface area contributed by atoms with E-state index in [4.69, 9.17) is 18.9 Å². The normalized spacial score (nSPS) is 27.8. The van der Waals surface area contributed by atoms with Gasteiger partial charge >= 0.3 is 0 Å². The van der Waals surface area contributed by atoms with Crippen molar-refractivity contribution >= 4 is 5.91 Å². The number of amides is 1. The number of aliphatic hydroxyl groups is 8. The van der Waals surface area contributed by atoms with E-state index in [1.165, 1.54) is 128 Å². The molecule has 2 rings (SSSR count). The zero-order valence-corrected chi connectivity index (χ0v) is 38.6. The summed E-state index contributed by atoms with van der Waals surface area (Å²) in [7, 11) is 0. The van der Waals surface area contributed by atoms with Crippen molar-refractivity contribution in [2.24, 2.45) is 0 Å². The second-order valence-electron chi connectivity index (χ2n) is 18.0. The molecule has 14 heteroatoms. The van der Waals surface area contributed by atoms with E-state index in [0.29, 0.717) is 6.42 Å². The maximum atomic E-state index is 13.1. The monoisotopic (exact) mass is 890 g/mol. The first-order valence-electron chi connectivity index (χ1n) is 24.9. The second kappa shape index (κ2) is 35.9. The van der Waals surface area contributed by atoms with Gasteiger partial charge in [-0.1, -0.05) is 180 Å². The van der Waals surface area contributed by atoms with Gasteiger partial charge in [0.05, 0.1) is 32.0 Å². The first kappa shape index (κ1) is 56.9. The minimum absolute atomic E-state index is 0.238. The summed E-state index contributed by atoms with van der Waals surface area (Å²) in [4.78, 5) is 13.1. The Morgan fingerprint density at radius 1 is 0.565 bits per heavy atom. The van der Waals surface area contributed by atoms with Crippen molar-refractivity contribution in [1.29, 1.82) is 0 Å². The van der Waals surface area contributed by atoms with Gasteiger partial charge in [-0.3, -0.25) is 4.79 Å². The molecule has 14 nitrogen and oxygen atoms in total. The molecule has 0 spiro atoms. The van der Waals surface area contributed by atoms with Gasteiger partial charge in [-0.15, -0.1) is 0 Å². The van der Waals surface area contributed by atoms with E-state index in [2.05, 4.69) is 19.2 Å². The third kappa shape index (κ3) is 23.3. The molecule has 0 aromatic carbocycles. The molecule has 0 aromatic rings. The maximum Gasteiger partial charge on any atom is 0.220 e. The molecule has 0 radical (unpaired) electrons. The lowest BCUT2D eigenvalue weighted by Crippen LogP contribution is -2.65. The van der Waals surface area contributed by atoms with E-state index in [-0.39, 0.29) is 18.9 Å². The van der Waals surface area contributed by atoms with Gasteiger partial charge in [-0.05, 0) is 19.3 Å². The van der Waals surface area contributed by atoms with Crippen molar-refractivity contribution < 1.29 is 64.6 Å². The molecule has 366 valence electrons. The number of hydrogen-bond acceptors (Lipinski definition) is 13. The SMILES string of the molecule is CCCCCCCCCCCCCC=C[C@@H](O)[C@H](CO[C@@H]1O[C@H](CO)[C@@H](O[C@@H]2O[C@H](CO)[C@H](O)[C@H](O)[C@H]2O)[C@H](O)[C@H]1O)NC(=O)CCCCCCCCCCCCCCCCC. The molecule has 0 aromatic heterocycles. The average Bonchev–Trinajstić information content (AvgIpc) is 3.27. The van der Waals surface area contributed by atoms with Crippen LogP contribution in [0.15, 0.2) is 12.2 Å². The highest BCUT2D eigenvalue weighted by molar-refractivity contribution is 5.76. The third-order valence-electron chi connectivity index (χ3n) is 12.5. The molecule has 0 saturated carbocycles. The van der Waals surface area contributed by atoms with Gasteiger partial charge in [0.1, 0.15) is 48.8 Å². The van der Waals surface area contributed by atoms with Crippen molar-refractivity contribution in [2.75, 3.05) is 19.8 Å². The highest BCUT2D eigenvalue weighted by Crippen LogP contribution is 2.30. The van der Waals surface area contributed by atoms with E-state index in [0.717, 1.165) is 38.5 Å². The van der Waals surface area contributed by atoms with Crippen molar-refractivity contribution in [3.05, 3.63) is 12.2 Å². The lowest BCUT2D eigenvalue weighted by molar-refractivity contribution is -0.359. The van der Waals surface area contributed by atoms with Crippen LogP contribution in [0.4, 0.5) is 0 Å².